The molecule has 7 heteroatoms. The van der Waals surface area contributed by atoms with Crippen molar-refractivity contribution in [2.45, 2.75) is 31.2 Å². The van der Waals surface area contributed by atoms with Gasteiger partial charge in [0, 0.05) is 23.9 Å². The number of benzene rings is 1. The molecule has 2 aromatic rings. The van der Waals surface area contributed by atoms with Gasteiger partial charge in [-0.3, -0.25) is 4.99 Å². The third-order valence-corrected chi connectivity index (χ3v) is 5.40. The van der Waals surface area contributed by atoms with Crippen molar-refractivity contribution < 1.29 is 4.39 Å². The van der Waals surface area contributed by atoms with Crippen LogP contribution in [0.2, 0.25) is 0 Å². The van der Waals surface area contributed by atoms with Crippen LogP contribution in [0.1, 0.15) is 24.0 Å². The van der Waals surface area contributed by atoms with E-state index in [1.807, 2.05) is 12.1 Å². The largest absolute Gasteiger partial charge is 0.356 e. The van der Waals surface area contributed by atoms with E-state index in [0.29, 0.717) is 6.54 Å². The molecular weight excluding hydrogens is 343 g/mol. The summed E-state index contributed by atoms with van der Waals surface area (Å²) in [7, 11) is 1.76. The molecule has 4 nitrogen and oxygen atoms in total. The van der Waals surface area contributed by atoms with Gasteiger partial charge in [0.05, 0.1) is 17.2 Å². The first kappa shape index (κ1) is 18.7. The van der Waals surface area contributed by atoms with Gasteiger partial charge in [-0.25, -0.2) is 9.37 Å². The van der Waals surface area contributed by atoms with Crippen LogP contribution >= 0.6 is 23.1 Å². The lowest BCUT2D eigenvalue weighted by Gasteiger charge is -2.10. The Morgan fingerprint density at radius 2 is 2.08 bits per heavy atom. The molecule has 0 saturated heterocycles. The van der Waals surface area contributed by atoms with E-state index in [2.05, 4.69) is 32.9 Å². The molecule has 130 valence electrons. The molecule has 24 heavy (non-hydrogen) atoms. The summed E-state index contributed by atoms with van der Waals surface area (Å²) in [6, 6.07) is 6.61. The third kappa shape index (κ3) is 6.49. The second-order valence-electron chi connectivity index (χ2n) is 5.09. The smallest absolute Gasteiger partial charge is 0.191 e. The van der Waals surface area contributed by atoms with E-state index in [1.165, 1.54) is 12.1 Å². The molecule has 0 spiro atoms. The zero-order chi connectivity index (χ0) is 17.2. The molecule has 0 radical (unpaired) electrons. The highest BCUT2D eigenvalue weighted by atomic mass is 32.2. The lowest BCUT2D eigenvalue weighted by molar-refractivity contribution is 0.626. The molecule has 1 aromatic heterocycles. The number of thiazole rings is 1. The number of guanidine groups is 1. The number of halogens is 1. The summed E-state index contributed by atoms with van der Waals surface area (Å²) in [5.74, 6) is 1.57. The normalized spacial score (nSPS) is 11.5. The first-order valence-electron chi connectivity index (χ1n) is 7.97. The number of aliphatic imine (C=N–C) groups is 1. The van der Waals surface area contributed by atoms with E-state index in [1.54, 1.807) is 30.1 Å². The van der Waals surface area contributed by atoms with Crippen molar-refractivity contribution >= 4 is 29.1 Å². The van der Waals surface area contributed by atoms with E-state index in [4.69, 9.17) is 0 Å². The average Bonchev–Trinajstić information content (AvgIpc) is 3.07. The standard InChI is InChI=1S/C17H23FN4S2/c1-3-16-22-14(12-24-16)11-21-17(19-2)20-9-4-10-23-15-7-5-13(18)6-8-15/h5-8,12H,3-4,9-11H2,1-2H3,(H2,19,20,21). The molecule has 0 aliphatic carbocycles. The van der Waals surface area contributed by atoms with Gasteiger partial charge in [0.2, 0.25) is 0 Å². The monoisotopic (exact) mass is 366 g/mol. The van der Waals surface area contributed by atoms with Crippen LogP contribution in [0, 0.1) is 5.82 Å². The number of nitrogens with zero attached hydrogens (tertiary/aromatic N) is 2. The van der Waals surface area contributed by atoms with E-state index in [-0.39, 0.29) is 5.82 Å². The first-order chi connectivity index (χ1) is 11.7. The molecule has 2 rings (SSSR count). The van der Waals surface area contributed by atoms with Crippen LogP contribution in [0.3, 0.4) is 0 Å². The number of nitrogens with one attached hydrogen (secondary N) is 2. The zero-order valence-electron chi connectivity index (χ0n) is 14.0. The molecule has 1 aromatic carbocycles. The van der Waals surface area contributed by atoms with Gasteiger partial charge < -0.3 is 10.6 Å². The number of aryl methyl sites for hydroxylation is 1. The number of hydrogen-bond acceptors (Lipinski definition) is 4. The van der Waals surface area contributed by atoms with Crippen molar-refractivity contribution in [2.75, 3.05) is 19.3 Å². The summed E-state index contributed by atoms with van der Waals surface area (Å²) in [5.41, 5.74) is 1.05. The highest BCUT2D eigenvalue weighted by molar-refractivity contribution is 7.99. The van der Waals surface area contributed by atoms with Crippen LogP contribution in [-0.2, 0) is 13.0 Å². The van der Waals surface area contributed by atoms with Gasteiger partial charge in [-0.2, -0.15) is 0 Å². The van der Waals surface area contributed by atoms with Crippen molar-refractivity contribution in [1.82, 2.24) is 15.6 Å². The Morgan fingerprint density at radius 3 is 2.75 bits per heavy atom. The van der Waals surface area contributed by atoms with E-state index in [9.17, 15) is 4.39 Å². The highest BCUT2D eigenvalue weighted by Gasteiger charge is 2.02. The summed E-state index contributed by atoms with van der Waals surface area (Å²) in [4.78, 5) is 9.84. The number of hydrogen-bond donors (Lipinski definition) is 2. The maximum absolute atomic E-state index is 12.8. The lowest BCUT2D eigenvalue weighted by Crippen LogP contribution is -2.37. The predicted molar refractivity (Wildman–Crippen MR) is 101 cm³/mol. The topological polar surface area (TPSA) is 49.3 Å². The summed E-state index contributed by atoms with van der Waals surface area (Å²) >= 11 is 3.42. The predicted octanol–water partition coefficient (Wildman–Crippen LogP) is 3.69. The van der Waals surface area contributed by atoms with Crippen LogP contribution in [0.5, 0.6) is 0 Å². The maximum atomic E-state index is 12.8. The van der Waals surface area contributed by atoms with Crippen molar-refractivity contribution in [3.8, 4) is 0 Å². The second kappa shape index (κ2) is 10.3. The fraction of sp³-hybridized carbons (Fsp3) is 0.412. The molecular formula is C17H23FN4S2. The Labute approximate surface area is 151 Å². The summed E-state index contributed by atoms with van der Waals surface area (Å²) in [6.07, 6.45) is 1.97. The zero-order valence-corrected chi connectivity index (χ0v) is 15.6. The molecule has 0 saturated carbocycles. The van der Waals surface area contributed by atoms with Crippen LogP contribution in [-0.4, -0.2) is 30.3 Å². The van der Waals surface area contributed by atoms with Crippen LogP contribution < -0.4 is 10.6 Å². The van der Waals surface area contributed by atoms with Gasteiger partial charge in [-0.05, 0) is 42.9 Å². The number of thioether (sulfide) groups is 1. The molecule has 0 bridgehead atoms. The molecule has 1 heterocycles. The summed E-state index contributed by atoms with van der Waals surface area (Å²) < 4.78 is 12.8. The average molecular weight is 367 g/mol. The minimum atomic E-state index is -0.193. The number of aromatic nitrogens is 1. The minimum Gasteiger partial charge on any atom is -0.356 e. The fourth-order valence-electron chi connectivity index (χ4n) is 1.99. The Hall–Kier alpha value is -1.60. The number of rotatable bonds is 8. The molecule has 0 fully saturated rings. The summed E-state index contributed by atoms with van der Waals surface area (Å²) in [6.45, 7) is 3.63. The quantitative estimate of drug-likeness (QED) is 0.324. The van der Waals surface area contributed by atoms with Crippen LogP contribution in [0.4, 0.5) is 4.39 Å². The van der Waals surface area contributed by atoms with Gasteiger partial charge in [0.1, 0.15) is 5.82 Å². The third-order valence-electron chi connectivity index (χ3n) is 3.26. The van der Waals surface area contributed by atoms with Crippen molar-refractivity contribution in [1.29, 1.82) is 0 Å². The van der Waals surface area contributed by atoms with Gasteiger partial charge in [-0.15, -0.1) is 23.1 Å². The van der Waals surface area contributed by atoms with Gasteiger partial charge in [-0.1, -0.05) is 6.92 Å². The van der Waals surface area contributed by atoms with Crippen molar-refractivity contribution in [2.24, 2.45) is 4.99 Å². The first-order valence-corrected chi connectivity index (χ1v) is 9.84. The van der Waals surface area contributed by atoms with Gasteiger partial charge in [0.15, 0.2) is 5.96 Å². The van der Waals surface area contributed by atoms with E-state index in [0.717, 1.165) is 46.7 Å². The van der Waals surface area contributed by atoms with Gasteiger partial charge >= 0.3 is 0 Å². The molecule has 2 N–H and O–H groups in total. The molecule has 0 aliphatic heterocycles. The van der Waals surface area contributed by atoms with Crippen LogP contribution in [0.15, 0.2) is 39.5 Å². The van der Waals surface area contributed by atoms with Gasteiger partial charge in [0.25, 0.3) is 0 Å². The van der Waals surface area contributed by atoms with E-state index >= 15 is 0 Å². The minimum absolute atomic E-state index is 0.193. The summed E-state index contributed by atoms with van der Waals surface area (Å²) in [5, 5.41) is 9.81. The lowest BCUT2D eigenvalue weighted by atomic mass is 10.4. The SMILES string of the molecule is CCc1nc(CNC(=NC)NCCCSc2ccc(F)cc2)cs1. The van der Waals surface area contributed by atoms with Crippen molar-refractivity contribution in [3.63, 3.8) is 0 Å². The Kier molecular flexibility index (Phi) is 8.04. The molecule has 0 aliphatic rings. The second-order valence-corrected chi connectivity index (χ2v) is 7.21. The van der Waals surface area contributed by atoms with Crippen molar-refractivity contribution in [3.05, 3.63) is 46.2 Å². The Bertz CT molecular complexity index is 640. The Morgan fingerprint density at radius 1 is 1.29 bits per heavy atom. The molecule has 0 amide bonds. The maximum Gasteiger partial charge on any atom is 0.191 e. The van der Waals surface area contributed by atoms with E-state index < -0.39 is 0 Å². The highest BCUT2D eigenvalue weighted by Crippen LogP contribution is 2.18. The molecule has 0 unspecified atom stereocenters. The Balaban J connectivity index is 1.61. The van der Waals surface area contributed by atoms with Crippen LogP contribution in [0.25, 0.3) is 0 Å². The molecule has 0 atom stereocenters. The fourth-order valence-corrected chi connectivity index (χ4v) is 3.58.